The summed E-state index contributed by atoms with van der Waals surface area (Å²) in [7, 11) is 3.58. The Morgan fingerprint density at radius 2 is 2.06 bits per heavy atom. The lowest BCUT2D eigenvalue weighted by Gasteiger charge is -2.26. The number of methoxy groups -OCH3 is 1. The van der Waals surface area contributed by atoms with Crippen molar-refractivity contribution in [3.8, 4) is 5.75 Å². The Bertz CT molecular complexity index is 364. The van der Waals surface area contributed by atoms with E-state index in [2.05, 4.69) is 0 Å². The fraction of sp³-hybridized carbons (Fsp3) is 0.538. The molecule has 0 aromatic heterocycles. The van der Waals surface area contributed by atoms with Crippen molar-refractivity contribution in [1.82, 2.24) is 0 Å². The largest absolute Gasteiger partial charge is 0.496 e. The summed E-state index contributed by atoms with van der Waals surface area (Å²) in [6, 6.07) is 5.71. The zero-order chi connectivity index (χ0) is 13.0. The smallest absolute Gasteiger partial charge is 0.125 e. The molecule has 0 fully saturated rings. The molecule has 0 amide bonds. The van der Waals surface area contributed by atoms with Crippen molar-refractivity contribution in [3.63, 3.8) is 0 Å². The number of rotatable bonds is 5. The molecule has 1 unspecified atom stereocenters. The van der Waals surface area contributed by atoms with Crippen molar-refractivity contribution in [2.75, 3.05) is 25.6 Å². The van der Waals surface area contributed by atoms with Gasteiger partial charge >= 0.3 is 0 Å². The lowest BCUT2D eigenvalue weighted by atomic mass is 10.0. The summed E-state index contributed by atoms with van der Waals surface area (Å²) in [6.07, 6.45) is -0.382. The number of benzene rings is 1. The second-order valence-electron chi connectivity index (χ2n) is 4.41. The Kier molecular flexibility index (Phi) is 4.78. The van der Waals surface area contributed by atoms with Gasteiger partial charge in [-0.2, -0.15) is 0 Å². The predicted molar refractivity (Wildman–Crippen MR) is 70.5 cm³/mol. The van der Waals surface area contributed by atoms with Crippen LogP contribution in [0, 0.1) is 0 Å². The van der Waals surface area contributed by atoms with Gasteiger partial charge in [-0.1, -0.05) is 6.07 Å². The molecule has 0 radical (unpaired) electrons. The molecule has 1 rings (SSSR count). The van der Waals surface area contributed by atoms with Gasteiger partial charge in [-0.3, -0.25) is 0 Å². The van der Waals surface area contributed by atoms with E-state index in [1.165, 1.54) is 0 Å². The molecule has 0 spiro atoms. The van der Waals surface area contributed by atoms with Crippen LogP contribution >= 0.6 is 0 Å². The van der Waals surface area contributed by atoms with Gasteiger partial charge in [-0.15, -0.1) is 0 Å². The maximum absolute atomic E-state index is 9.44. The van der Waals surface area contributed by atoms with E-state index >= 15 is 0 Å². The molecular formula is C13H22N2O2. The second-order valence-corrected chi connectivity index (χ2v) is 4.41. The summed E-state index contributed by atoms with van der Waals surface area (Å²) in [5.74, 6) is 0.787. The predicted octanol–water partition coefficient (Wildman–Crippen LogP) is 1.53. The minimum atomic E-state index is -0.382. The summed E-state index contributed by atoms with van der Waals surface area (Å²) in [4.78, 5) is 1.99. The van der Waals surface area contributed by atoms with Gasteiger partial charge in [0.25, 0.3) is 0 Å². The summed E-state index contributed by atoms with van der Waals surface area (Å²) >= 11 is 0. The van der Waals surface area contributed by atoms with Crippen LogP contribution in [0.1, 0.15) is 25.5 Å². The molecule has 96 valence electrons. The van der Waals surface area contributed by atoms with E-state index in [1.54, 1.807) is 14.0 Å². The van der Waals surface area contributed by atoms with Crippen molar-refractivity contribution in [1.29, 1.82) is 0 Å². The highest BCUT2D eigenvalue weighted by Gasteiger charge is 2.16. The topological polar surface area (TPSA) is 58.7 Å². The maximum Gasteiger partial charge on any atom is 0.125 e. The summed E-state index contributed by atoms with van der Waals surface area (Å²) in [5, 5.41) is 9.44. The summed E-state index contributed by atoms with van der Waals surface area (Å²) in [6.45, 7) is 4.26. The highest BCUT2D eigenvalue weighted by molar-refractivity contribution is 5.60. The molecule has 1 aromatic rings. The Morgan fingerprint density at radius 1 is 1.41 bits per heavy atom. The lowest BCUT2D eigenvalue weighted by Crippen LogP contribution is -2.28. The van der Waals surface area contributed by atoms with E-state index in [0.29, 0.717) is 6.54 Å². The first-order valence-corrected chi connectivity index (χ1v) is 5.79. The number of nitrogens with zero attached hydrogens (tertiary/aromatic N) is 1. The number of anilines is 1. The van der Waals surface area contributed by atoms with E-state index in [4.69, 9.17) is 10.5 Å². The van der Waals surface area contributed by atoms with Gasteiger partial charge in [0.05, 0.1) is 13.2 Å². The van der Waals surface area contributed by atoms with Crippen LogP contribution in [0.5, 0.6) is 5.75 Å². The van der Waals surface area contributed by atoms with E-state index in [0.717, 1.165) is 17.0 Å². The van der Waals surface area contributed by atoms with E-state index < -0.39 is 0 Å². The molecule has 0 heterocycles. The Balaban J connectivity index is 3.13. The monoisotopic (exact) mass is 238 g/mol. The Labute approximate surface area is 103 Å². The van der Waals surface area contributed by atoms with Crippen LogP contribution in [0.15, 0.2) is 18.2 Å². The van der Waals surface area contributed by atoms with Crippen LogP contribution in [-0.4, -0.2) is 31.9 Å². The molecule has 0 aliphatic heterocycles. The van der Waals surface area contributed by atoms with Gasteiger partial charge in [0, 0.05) is 30.9 Å². The second kappa shape index (κ2) is 5.89. The number of aliphatic hydroxyl groups is 1. The van der Waals surface area contributed by atoms with Crippen LogP contribution in [-0.2, 0) is 0 Å². The third-order valence-corrected chi connectivity index (χ3v) is 2.67. The molecule has 4 nitrogen and oxygen atoms in total. The molecular weight excluding hydrogens is 216 g/mol. The lowest BCUT2D eigenvalue weighted by molar-refractivity contribution is 0.201. The number of likely N-dealkylation sites (N-methyl/N-ethyl adjacent to an activating group) is 1. The molecule has 0 saturated heterocycles. The molecule has 3 N–H and O–H groups in total. The van der Waals surface area contributed by atoms with Gasteiger partial charge in [0.1, 0.15) is 5.75 Å². The molecule has 0 aliphatic rings. The molecule has 1 aromatic carbocycles. The van der Waals surface area contributed by atoms with Crippen molar-refractivity contribution in [3.05, 3.63) is 23.8 Å². The Morgan fingerprint density at radius 3 is 2.53 bits per heavy atom. The summed E-state index contributed by atoms with van der Waals surface area (Å²) < 4.78 is 5.33. The van der Waals surface area contributed by atoms with Gasteiger partial charge in [-0.05, 0) is 26.0 Å². The third kappa shape index (κ3) is 3.35. The minimum absolute atomic E-state index is 0.113. The zero-order valence-electron chi connectivity index (χ0n) is 11.0. The van der Waals surface area contributed by atoms with E-state index in [1.807, 2.05) is 37.1 Å². The first-order chi connectivity index (χ1) is 7.97. The first kappa shape index (κ1) is 13.8. The summed E-state index contributed by atoms with van der Waals surface area (Å²) in [5.41, 5.74) is 7.96. The van der Waals surface area contributed by atoms with Gasteiger partial charge < -0.3 is 20.5 Å². The van der Waals surface area contributed by atoms with E-state index in [9.17, 15) is 5.11 Å². The van der Waals surface area contributed by atoms with Crippen LogP contribution < -0.4 is 15.4 Å². The molecule has 0 saturated carbocycles. The van der Waals surface area contributed by atoms with Crippen molar-refractivity contribution < 1.29 is 9.84 Å². The minimum Gasteiger partial charge on any atom is -0.496 e. The van der Waals surface area contributed by atoms with Crippen molar-refractivity contribution in [2.24, 2.45) is 5.73 Å². The number of aliphatic hydroxyl groups excluding tert-OH is 1. The fourth-order valence-electron chi connectivity index (χ4n) is 2.00. The third-order valence-electron chi connectivity index (χ3n) is 2.67. The Hall–Kier alpha value is -1.26. The molecule has 0 aliphatic carbocycles. The van der Waals surface area contributed by atoms with Crippen molar-refractivity contribution >= 4 is 5.69 Å². The fourth-order valence-corrected chi connectivity index (χ4v) is 2.00. The van der Waals surface area contributed by atoms with Crippen LogP contribution in [0.2, 0.25) is 0 Å². The van der Waals surface area contributed by atoms with Gasteiger partial charge in [0.2, 0.25) is 0 Å². The van der Waals surface area contributed by atoms with Crippen LogP contribution in [0.25, 0.3) is 0 Å². The average molecular weight is 238 g/mol. The molecule has 0 bridgehead atoms. The highest BCUT2D eigenvalue weighted by atomic mass is 16.5. The number of nitrogens with two attached hydrogens (primary N) is 1. The first-order valence-electron chi connectivity index (χ1n) is 5.79. The molecule has 4 heteroatoms. The standard InChI is InChI=1S/C13H22N2O2/c1-9(16)8-15(3)11-6-5-7-12(17-4)13(11)10(2)14/h5-7,9-10,16H,8,14H2,1-4H3/t9?,10-/m0/s1. The maximum atomic E-state index is 9.44. The normalized spacial score (nSPS) is 14.2. The number of hydrogen-bond donors (Lipinski definition) is 2. The number of ether oxygens (including phenoxy) is 1. The van der Waals surface area contributed by atoms with Gasteiger partial charge in [-0.25, -0.2) is 0 Å². The number of hydrogen-bond acceptors (Lipinski definition) is 4. The van der Waals surface area contributed by atoms with Crippen LogP contribution in [0.3, 0.4) is 0 Å². The quantitative estimate of drug-likeness (QED) is 0.817. The van der Waals surface area contributed by atoms with E-state index in [-0.39, 0.29) is 12.1 Å². The molecule has 2 atom stereocenters. The SMILES string of the molecule is COc1cccc(N(C)CC(C)O)c1[C@H](C)N. The molecule has 17 heavy (non-hydrogen) atoms. The van der Waals surface area contributed by atoms with Crippen molar-refractivity contribution in [2.45, 2.75) is 26.0 Å². The zero-order valence-corrected chi connectivity index (χ0v) is 11.0. The van der Waals surface area contributed by atoms with Crippen LogP contribution in [0.4, 0.5) is 5.69 Å². The van der Waals surface area contributed by atoms with Gasteiger partial charge in [0.15, 0.2) is 0 Å². The highest BCUT2D eigenvalue weighted by Crippen LogP contribution is 2.33. The average Bonchev–Trinajstić information content (AvgIpc) is 2.26.